The monoisotopic (exact) mass is 606 g/mol. The molecule has 0 bridgehead atoms. The van der Waals surface area contributed by atoms with Crippen LogP contribution in [-0.4, -0.2) is 83.6 Å². The summed E-state index contributed by atoms with van der Waals surface area (Å²) in [6.07, 6.45) is 3.07. The van der Waals surface area contributed by atoms with Gasteiger partial charge in [0.1, 0.15) is 11.6 Å². The van der Waals surface area contributed by atoms with Crippen LogP contribution in [0.2, 0.25) is 0 Å². The summed E-state index contributed by atoms with van der Waals surface area (Å²) in [5.74, 6) is 0.772. The first kappa shape index (κ1) is 29.8. The van der Waals surface area contributed by atoms with E-state index < -0.39 is 0 Å². The largest absolute Gasteiger partial charge is 0.507 e. The van der Waals surface area contributed by atoms with Crippen LogP contribution in [0.15, 0.2) is 48.5 Å². The van der Waals surface area contributed by atoms with E-state index in [1.54, 1.807) is 0 Å². The molecule has 1 aromatic heterocycles. The van der Waals surface area contributed by atoms with Crippen molar-refractivity contribution in [3.05, 3.63) is 70.8 Å². The first-order valence-electron chi connectivity index (χ1n) is 16.5. The molecule has 0 spiro atoms. The van der Waals surface area contributed by atoms with Crippen molar-refractivity contribution in [2.75, 3.05) is 63.1 Å². The highest BCUT2D eigenvalue weighted by molar-refractivity contribution is 6.06. The number of phenols is 1. The van der Waals surface area contributed by atoms with E-state index in [1.807, 2.05) is 30.3 Å². The smallest absolute Gasteiger partial charge is 0.255 e. The number of aromatic amines is 1. The third-order valence-corrected chi connectivity index (χ3v) is 10.5. The third-order valence-electron chi connectivity index (χ3n) is 10.5. The lowest BCUT2D eigenvalue weighted by atomic mass is 9.68. The fourth-order valence-electron chi connectivity index (χ4n) is 7.35. The van der Waals surface area contributed by atoms with Crippen LogP contribution in [0.3, 0.4) is 0 Å². The van der Waals surface area contributed by atoms with Crippen molar-refractivity contribution in [3.63, 3.8) is 0 Å². The Morgan fingerprint density at radius 3 is 2.38 bits per heavy atom. The Morgan fingerprint density at radius 1 is 0.933 bits per heavy atom. The molecule has 0 unspecified atom stereocenters. The third kappa shape index (κ3) is 5.59. The molecule has 8 heteroatoms. The van der Waals surface area contributed by atoms with Crippen molar-refractivity contribution in [2.45, 2.75) is 57.8 Å². The van der Waals surface area contributed by atoms with Crippen molar-refractivity contribution < 1.29 is 9.90 Å². The Morgan fingerprint density at radius 2 is 1.64 bits per heavy atom. The molecule has 7 rings (SSSR count). The summed E-state index contributed by atoms with van der Waals surface area (Å²) in [4.78, 5) is 28.9. The van der Waals surface area contributed by atoms with Gasteiger partial charge < -0.3 is 30.1 Å². The van der Waals surface area contributed by atoms with Gasteiger partial charge in [0.25, 0.3) is 5.91 Å². The number of amides is 1. The Kier molecular flexibility index (Phi) is 7.40. The number of aromatic hydroxyl groups is 1. The van der Waals surface area contributed by atoms with Gasteiger partial charge in [-0.05, 0) is 84.7 Å². The van der Waals surface area contributed by atoms with Crippen molar-refractivity contribution in [1.29, 1.82) is 0 Å². The summed E-state index contributed by atoms with van der Waals surface area (Å²) in [7, 11) is 2.18. The number of hydrogen-bond donors (Lipinski definition) is 3. The van der Waals surface area contributed by atoms with Crippen LogP contribution in [0.25, 0.3) is 22.4 Å². The highest BCUT2D eigenvalue weighted by atomic mass is 16.3. The van der Waals surface area contributed by atoms with Gasteiger partial charge in [0.2, 0.25) is 0 Å². The van der Waals surface area contributed by atoms with Crippen molar-refractivity contribution >= 4 is 28.3 Å². The second-order valence-electron chi connectivity index (χ2n) is 14.7. The zero-order valence-electron chi connectivity index (χ0n) is 27.3. The van der Waals surface area contributed by atoms with Gasteiger partial charge in [-0.1, -0.05) is 39.8 Å². The molecule has 3 aromatic carbocycles. The first-order chi connectivity index (χ1) is 21.5. The molecule has 0 radical (unpaired) electrons. The molecule has 3 N–H and O–H groups in total. The summed E-state index contributed by atoms with van der Waals surface area (Å²) >= 11 is 0. The molecule has 4 aromatic rings. The van der Waals surface area contributed by atoms with Gasteiger partial charge in [0.15, 0.2) is 0 Å². The molecule has 3 aliphatic heterocycles. The summed E-state index contributed by atoms with van der Waals surface area (Å²) < 4.78 is 0. The topological polar surface area (TPSA) is 87.7 Å². The van der Waals surface area contributed by atoms with E-state index in [1.165, 1.54) is 16.8 Å². The molecule has 1 saturated heterocycles. The van der Waals surface area contributed by atoms with Gasteiger partial charge in [-0.2, -0.15) is 0 Å². The number of likely N-dealkylation sites (N-methyl/N-ethyl adjacent to an activating group) is 1. The number of hydrogen-bond acceptors (Lipinski definition) is 6. The number of anilines is 2. The number of aromatic nitrogens is 2. The van der Waals surface area contributed by atoms with E-state index in [0.29, 0.717) is 17.1 Å². The highest BCUT2D eigenvalue weighted by Gasteiger charge is 2.42. The maximum absolute atomic E-state index is 13.3. The fourth-order valence-corrected chi connectivity index (χ4v) is 7.35. The zero-order chi connectivity index (χ0) is 31.5. The van der Waals surface area contributed by atoms with Gasteiger partial charge in [-0.3, -0.25) is 4.79 Å². The summed E-state index contributed by atoms with van der Waals surface area (Å²) in [5.41, 5.74) is 8.23. The van der Waals surface area contributed by atoms with E-state index >= 15 is 0 Å². The van der Waals surface area contributed by atoms with Gasteiger partial charge in [-0.15, -0.1) is 0 Å². The van der Waals surface area contributed by atoms with Crippen molar-refractivity contribution in [3.8, 4) is 17.1 Å². The highest BCUT2D eigenvalue weighted by Crippen LogP contribution is 2.54. The molecule has 4 heterocycles. The number of phenolic OH excluding ortho intramolecular Hbond substituents is 1. The lowest BCUT2D eigenvalue weighted by molar-refractivity contribution is 0.102. The van der Waals surface area contributed by atoms with Crippen LogP contribution in [0.5, 0.6) is 5.75 Å². The number of benzene rings is 3. The summed E-state index contributed by atoms with van der Waals surface area (Å²) in [5, 5.41) is 14.8. The van der Waals surface area contributed by atoms with E-state index in [4.69, 9.17) is 4.98 Å². The average molecular weight is 607 g/mol. The zero-order valence-corrected chi connectivity index (χ0v) is 27.3. The Hall–Kier alpha value is -3.88. The van der Waals surface area contributed by atoms with Gasteiger partial charge in [0.05, 0.1) is 16.6 Å². The molecule has 0 atom stereocenters. The number of carbonyl (C=O) groups excluding carboxylic acids is 1. The molecule has 8 nitrogen and oxygen atoms in total. The minimum Gasteiger partial charge on any atom is -0.507 e. The van der Waals surface area contributed by atoms with E-state index in [2.05, 4.69) is 77.9 Å². The molecule has 45 heavy (non-hydrogen) atoms. The number of imidazole rings is 1. The van der Waals surface area contributed by atoms with Crippen LogP contribution in [-0.2, 0) is 17.3 Å². The van der Waals surface area contributed by atoms with Gasteiger partial charge >= 0.3 is 0 Å². The summed E-state index contributed by atoms with van der Waals surface area (Å²) in [6.45, 7) is 16.7. The molecule has 3 aliphatic rings. The van der Waals surface area contributed by atoms with Gasteiger partial charge in [-0.25, -0.2) is 4.98 Å². The lowest BCUT2D eigenvalue weighted by Crippen LogP contribution is -2.45. The van der Waals surface area contributed by atoms with E-state index in [0.717, 1.165) is 92.9 Å². The first-order valence-corrected chi connectivity index (χ1v) is 16.5. The van der Waals surface area contributed by atoms with Crippen LogP contribution >= 0.6 is 0 Å². The second-order valence-corrected chi connectivity index (χ2v) is 14.7. The molecule has 1 amide bonds. The molecule has 0 aliphatic carbocycles. The number of nitrogens with one attached hydrogen (secondary N) is 2. The SMILES string of the molecule is CN1CCN(CCc2ccc(NC(=O)c3ccc4nc(-c5cc6c7c(c5O)C(C)(C)CCN7CCC6(C)C)[nH]c4c3)cc2)CC1. The number of fused-ring (bicyclic) bond motifs is 1. The molecular formula is C37H46N6O2. The molecular weight excluding hydrogens is 560 g/mol. The van der Waals surface area contributed by atoms with Gasteiger partial charge in [0, 0.05) is 68.3 Å². The van der Waals surface area contributed by atoms with Crippen LogP contribution in [0.1, 0.15) is 67.6 Å². The number of rotatable bonds is 6. The van der Waals surface area contributed by atoms with Crippen molar-refractivity contribution in [1.82, 2.24) is 19.8 Å². The minimum absolute atomic E-state index is 0.00344. The van der Waals surface area contributed by atoms with Crippen LogP contribution in [0, 0.1) is 0 Å². The molecule has 1 fully saturated rings. The summed E-state index contributed by atoms with van der Waals surface area (Å²) in [6, 6.07) is 15.9. The van der Waals surface area contributed by atoms with Crippen LogP contribution < -0.4 is 10.2 Å². The predicted octanol–water partition coefficient (Wildman–Crippen LogP) is 6.15. The Bertz CT molecular complexity index is 1750. The maximum Gasteiger partial charge on any atom is 0.255 e. The average Bonchev–Trinajstić information content (AvgIpc) is 3.44. The van der Waals surface area contributed by atoms with E-state index in [9.17, 15) is 9.90 Å². The maximum atomic E-state index is 13.3. The fraction of sp³-hybridized carbons (Fsp3) is 0.459. The molecule has 236 valence electrons. The number of nitrogens with zero attached hydrogens (tertiary/aromatic N) is 4. The minimum atomic E-state index is -0.164. The van der Waals surface area contributed by atoms with E-state index in [-0.39, 0.29) is 16.7 Å². The molecule has 0 saturated carbocycles. The second kappa shape index (κ2) is 11.2. The number of piperazine rings is 1. The lowest BCUT2D eigenvalue weighted by Gasteiger charge is -2.48. The van der Waals surface area contributed by atoms with Crippen molar-refractivity contribution in [2.24, 2.45) is 0 Å². The number of carbonyl (C=O) groups is 1. The Balaban J connectivity index is 1.11. The standard InChI is InChI=1S/C37H46N6O2/c1-36(2)13-16-43-17-14-37(3,4)31-32(43)28(36)23-27(33(31)44)34-39-29-11-8-25(22-30(29)40-34)35(45)38-26-9-6-24(7-10-26)12-15-42-20-18-41(5)19-21-42/h6-11,22-23,44H,12-21H2,1-5H3,(H,38,45)(H,39,40). The number of H-pyrrole nitrogens is 1. The van der Waals surface area contributed by atoms with Crippen LogP contribution in [0.4, 0.5) is 11.4 Å². The quantitative estimate of drug-likeness (QED) is 0.244. The normalized spacial score (nSPS) is 19.4. The Labute approximate surface area is 266 Å². The predicted molar refractivity (Wildman–Crippen MR) is 183 cm³/mol.